The van der Waals surface area contributed by atoms with E-state index >= 15 is 0 Å². The first-order valence-electron chi connectivity index (χ1n) is 12.4. The molecule has 5 heterocycles. The summed E-state index contributed by atoms with van der Waals surface area (Å²) in [5, 5.41) is 26.9. The number of hydrogen-bond donors (Lipinski definition) is 4. The fraction of sp³-hybridized carbons (Fsp3) is 0.440. The predicted octanol–water partition coefficient (Wildman–Crippen LogP) is 1.69. The third kappa shape index (κ3) is 5.31. The van der Waals surface area contributed by atoms with Crippen LogP contribution in [0.3, 0.4) is 0 Å². The Bertz CT molecular complexity index is 1380. The first-order valence-corrected chi connectivity index (χ1v) is 13.2. The van der Waals surface area contributed by atoms with Crippen molar-refractivity contribution in [3.05, 3.63) is 54.0 Å². The third-order valence-electron chi connectivity index (χ3n) is 6.90. The molecule has 0 spiro atoms. The summed E-state index contributed by atoms with van der Waals surface area (Å²) >= 11 is 1.45. The number of nitrogens with zero attached hydrogens (tertiary/aromatic N) is 5. The largest absolute Gasteiger partial charge is 0.394 e. The summed E-state index contributed by atoms with van der Waals surface area (Å²) in [5.74, 6) is -0.350. The molecular weight excluding hydrogens is 492 g/mol. The van der Waals surface area contributed by atoms with Crippen molar-refractivity contribution in [3.8, 4) is 10.4 Å². The molecule has 2 aliphatic rings. The first kappa shape index (κ1) is 25.2. The van der Waals surface area contributed by atoms with E-state index in [1.165, 1.54) is 11.3 Å². The molecule has 2 aliphatic heterocycles. The van der Waals surface area contributed by atoms with Crippen LogP contribution in [-0.2, 0) is 11.3 Å². The number of rotatable bonds is 8. The molecule has 0 saturated carbocycles. The number of carbonyl (C=O) groups excluding carboxylic acids is 2. The highest BCUT2D eigenvalue weighted by atomic mass is 32.1. The van der Waals surface area contributed by atoms with Gasteiger partial charge in [0.15, 0.2) is 0 Å². The second-order valence-corrected chi connectivity index (χ2v) is 11.1. The van der Waals surface area contributed by atoms with Gasteiger partial charge in [-0.05, 0) is 46.2 Å². The van der Waals surface area contributed by atoms with E-state index in [1.54, 1.807) is 33.9 Å². The molecule has 3 aromatic heterocycles. The minimum atomic E-state index is -0.273. The van der Waals surface area contributed by atoms with Crippen molar-refractivity contribution >= 4 is 28.0 Å². The summed E-state index contributed by atoms with van der Waals surface area (Å²) in [6, 6.07) is -0.135. The van der Waals surface area contributed by atoms with Crippen LogP contribution in [0.5, 0.6) is 0 Å². The van der Waals surface area contributed by atoms with Gasteiger partial charge >= 0.3 is 0 Å². The van der Waals surface area contributed by atoms with Gasteiger partial charge in [0, 0.05) is 35.4 Å². The first-order chi connectivity index (χ1) is 17.7. The second kappa shape index (κ2) is 10.1. The van der Waals surface area contributed by atoms with Crippen molar-refractivity contribution in [2.45, 2.75) is 51.7 Å². The van der Waals surface area contributed by atoms with Gasteiger partial charge in [-0.25, -0.2) is 4.52 Å². The molecule has 1 unspecified atom stereocenters. The highest BCUT2D eigenvalue weighted by molar-refractivity contribution is 7.21. The van der Waals surface area contributed by atoms with Crippen LogP contribution in [0.15, 0.2) is 48.5 Å². The topological polar surface area (TPSA) is 129 Å². The van der Waals surface area contributed by atoms with Crippen molar-refractivity contribution in [2.75, 3.05) is 19.7 Å². The Morgan fingerprint density at radius 1 is 1.24 bits per heavy atom. The normalized spacial score (nSPS) is 19.4. The van der Waals surface area contributed by atoms with Crippen LogP contribution in [0, 0.1) is 0 Å². The monoisotopic (exact) mass is 524 g/mol. The van der Waals surface area contributed by atoms with E-state index in [0.717, 1.165) is 34.7 Å². The van der Waals surface area contributed by atoms with Gasteiger partial charge in [-0.2, -0.15) is 10.2 Å². The molecule has 1 saturated heterocycles. The fourth-order valence-electron chi connectivity index (χ4n) is 4.67. The Labute approximate surface area is 218 Å². The van der Waals surface area contributed by atoms with Gasteiger partial charge in [-0.1, -0.05) is 0 Å². The standard InChI is InChI=1S/C25H32N8O3S/c1-16-20(9-18(11-26-16)29-22(35)15-31-6-4-5-25(31,2)3)30-23(36)19-12-28-33-14-21(37-24(19)33)17-10-27-32(13-17)7-8-34/h9-14,16,26,34H,4-8,15H2,1-3H3,(H,29,35)(H,30,36). The van der Waals surface area contributed by atoms with E-state index in [2.05, 4.69) is 44.9 Å². The van der Waals surface area contributed by atoms with Gasteiger partial charge in [-0.15, -0.1) is 11.3 Å². The quantitative estimate of drug-likeness (QED) is 0.353. The van der Waals surface area contributed by atoms with E-state index in [0.29, 0.717) is 30.0 Å². The number of aromatic nitrogens is 4. The van der Waals surface area contributed by atoms with Gasteiger partial charge in [0.1, 0.15) is 4.83 Å². The molecule has 0 bridgehead atoms. The molecule has 0 radical (unpaired) electrons. The molecule has 0 aromatic carbocycles. The zero-order chi connectivity index (χ0) is 26.2. The molecule has 2 amide bonds. The number of fused-ring (bicyclic) bond motifs is 1. The Balaban J connectivity index is 1.27. The lowest BCUT2D eigenvalue weighted by atomic mass is 10.0. The van der Waals surface area contributed by atoms with Crippen LogP contribution >= 0.6 is 11.3 Å². The van der Waals surface area contributed by atoms with Crippen molar-refractivity contribution in [2.24, 2.45) is 0 Å². The van der Waals surface area contributed by atoms with Gasteiger partial charge in [0.25, 0.3) is 5.91 Å². The number of amides is 2. The summed E-state index contributed by atoms with van der Waals surface area (Å²) < 4.78 is 3.35. The van der Waals surface area contributed by atoms with Crippen LogP contribution < -0.4 is 16.0 Å². The number of allylic oxidation sites excluding steroid dienone is 1. The summed E-state index contributed by atoms with van der Waals surface area (Å²) in [7, 11) is 0. The number of aliphatic hydroxyl groups is 1. The highest BCUT2D eigenvalue weighted by Crippen LogP contribution is 2.30. The van der Waals surface area contributed by atoms with Crippen LogP contribution in [0.25, 0.3) is 15.3 Å². The maximum atomic E-state index is 13.2. The molecule has 1 atom stereocenters. The molecular formula is C25H32N8O3S. The van der Waals surface area contributed by atoms with Gasteiger partial charge in [0.2, 0.25) is 5.91 Å². The predicted molar refractivity (Wildman–Crippen MR) is 141 cm³/mol. The number of likely N-dealkylation sites (tertiary alicyclic amines) is 1. The van der Waals surface area contributed by atoms with Crippen molar-refractivity contribution in [3.63, 3.8) is 0 Å². The lowest BCUT2D eigenvalue weighted by molar-refractivity contribution is -0.122. The van der Waals surface area contributed by atoms with Crippen molar-refractivity contribution < 1.29 is 14.7 Å². The van der Waals surface area contributed by atoms with Crippen molar-refractivity contribution in [1.82, 2.24) is 40.2 Å². The van der Waals surface area contributed by atoms with Crippen LogP contribution in [-0.4, -0.2) is 72.5 Å². The van der Waals surface area contributed by atoms with E-state index in [9.17, 15) is 9.59 Å². The molecule has 37 heavy (non-hydrogen) atoms. The number of thiazole rings is 1. The molecule has 11 nitrogen and oxygen atoms in total. The van der Waals surface area contributed by atoms with Gasteiger partial charge in [0.05, 0.1) is 54.3 Å². The second-order valence-electron chi connectivity index (χ2n) is 10.0. The lowest BCUT2D eigenvalue weighted by Crippen LogP contribution is -2.45. The Morgan fingerprint density at radius 3 is 2.84 bits per heavy atom. The molecule has 196 valence electrons. The Kier molecular flexibility index (Phi) is 6.88. The number of dihydropyridines is 1. The maximum Gasteiger partial charge on any atom is 0.260 e. The van der Waals surface area contributed by atoms with Crippen molar-refractivity contribution in [1.29, 1.82) is 0 Å². The van der Waals surface area contributed by atoms with Gasteiger partial charge in [-0.3, -0.25) is 19.2 Å². The number of hydrogen-bond acceptors (Lipinski definition) is 8. The van der Waals surface area contributed by atoms with Crippen LogP contribution in [0.1, 0.15) is 44.0 Å². The van der Waals surface area contributed by atoms with Gasteiger partial charge < -0.3 is 21.1 Å². The van der Waals surface area contributed by atoms with Crippen LogP contribution in [0.4, 0.5) is 0 Å². The zero-order valence-corrected chi connectivity index (χ0v) is 22.0. The molecule has 12 heteroatoms. The van der Waals surface area contributed by atoms with E-state index in [4.69, 9.17) is 5.11 Å². The molecule has 3 aromatic rings. The highest BCUT2D eigenvalue weighted by Gasteiger charge is 2.33. The summed E-state index contributed by atoms with van der Waals surface area (Å²) in [4.78, 5) is 29.7. The van der Waals surface area contributed by atoms with E-state index in [-0.39, 0.29) is 30.0 Å². The average Bonchev–Trinajstić information content (AvgIpc) is 3.61. The number of nitrogens with one attached hydrogen (secondary N) is 3. The number of carbonyl (C=O) groups is 2. The average molecular weight is 525 g/mol. The van der Waals surface area contributed by atoms with Crippen LogP contribution in [0.2, 0.25) is 0 Å². The number of aliphatic hydroxyl groups excluding tert-OH is 1. The smallest absolute Gasteiger partial charge is 0.260 e. The lowest BCUT2D eigenvalue weighted by Gasteiger charge is -2.31. The zero-order valence-electron chi connectivity index (χ0n) is 21.2. The molecule has 0 aliphatic carbocycles. The minimum Gasteiger partial charge on any atom is -0.394 e. The SMILES string of the molecule is CC1NC=C(NC(=O)CN2CCCC2(C)C)C=C1NC(=O)c1cnn2cc(-c3cnn(CCO)c3)sc12. The van der Waals surface area contributed by atoms with E-state index in [1.807, 2.05) is 19.3 Å². The Morgan fingerprint density at radius 2 is 2.08 bits per heavy atom. The Hall–Kier alpha value is -3.48. The summed E-state index contributed by atoms with van der Waals surface area (Å²) in [5.41, 5.74) is 2.65. The third-order valence-corrected chi connectivity index (χ3v) is 8.06. The summed E-state index contributed by atoms with van der Waals surface area (Å²) in [6.45, 7) is 7.96. The fourth-order valence-corrected chi connectivity index (χ4v) is 5.71. The molecule has 5 rings (SSSR count). The maximum absolute atomic E-state index is 13.2. The minimum absolute atomic E-state index is 0.0134. The molecule has 1 fully saturated rings. The molecule has 4 N–H and O–H groups in total. The van der Waals surface area contributed by atoms with E-state index < -0.39 is 0 Å². The summed E-state index contributed by atoms with van der Waals surface area (Å²) in [6.07, 6.45) is 12.7.